The van der Waals surface area contributed by atoms with Crippen LogP contribution in [0.15, 0.2) is 12.4 Å². The molecule has 0 unspecified atom stereocenters. The van der Waals surface area contributed by atoms with Crippen molar-refractivity contribution in [1.29, 1.82) is 0 Å². The third kappa shape index (κ3) is 2.19. The second kappa shape index (κ2) is 4.30. The van der Waals surface area contributed by atoms with Crippen molar-refractivity contribution >= 4 is 17.8 Å². The minimum absolute atomic E-state index is 0.0167. The molecule has 0 aliphatic carbocycles. The van der Waals surface area contributed by atoms with Gasteiger partial charge in [0.1, 0.15) is 0 Å². The average molecular weight is 235 g/mol. The summed E-state index contributed by atoms with van der Waals surface area (Å²) >= 11 is 0. The van der Waals surface area contributed by atoms with Gasteiger partial charge in [-0.25, -0.2) is 19.9 Å². The van der Waals surface area contributed by atoms with Crippen LogP contribution in [0.5, 0.6) is 0 Å². The number of carbonyl (C=O) groups excluding carboxylic acids is 1. The molecule has 2 heterocycles. The van der Waals surface area contributed by atoms with Crippen molar-refractivity contribution in [3.05, 3.63) is 23.8 Å². The molecule has 0 aliphatic rings. The largest absolute Gasteiger partial charge is 0.476 e. The van der Waals surface area contributed by atoms with Crippen LogP contribution in [0.25, 0.3) is 0 Å². The van der Waals surface area contributed by atoms with Crippen molar-refractivity contribution in [1.82, 2.24) is 30.6 Å². The molecule has 86 valence electrons. The molecule has 0 fully saturated rings. The summed E-state index contributed by atoms with van der Waals surface area (Å²) in [6.45, 7) is 0. The Kier molecular flexibility index (Phi) is 2.68. The first-order valence-electron chi connectivity index (χ1n) is 4.28. The highest BCUT2D eigenvalue weighted by atomic mass is 16.4. The van der Waals surface area contributed by atoms with Crippen LogP contribution in [0, 0.1) is 0 Å². The van der Waals surface area contributed by atoms with E-state index in [1.54, 1.807) is 0 Å². The van der Waals surface area contributed by atoms with Gasteiger partial charge in [0.25, 0.3) is 5.91 Å². The Labute approximate surface area is 93.1 Å². The minimum Gasteiger partial charge on any atom is -0.476 e. The van der Waals surface area contributed by atoms with Gasteiger partial charge in [0.2, 0.25) is 5.95 Å². The summed E-state index contributed by atoms with van der Waals surface area (Å²) in [5, 5.41) is 23.2. The quantitative estimate of drug-likeness (QED) is 0.609. The zero-order valence-corrected chi connectivity index (χ0v) is 8.15. The number of aromatic nitrogens is 6. The van der Waals surface area contributed by atoms with Gasteiger partial charge in [0, 0.05) is 12.4 Å². The summed E-state index contributed by atoms with van der Waals surface area (Å²) in [4.78, 5) is 29.6. The highest BCUT2D eigenvalue weighted by molar-refractivity contribution is 6.07. The van der Waals surface area contributed by atoms with E-state index in [2.05, 4.69) is 35.9 Å². The molecule has 0 atom stereocenters. The molecule has 3 N–H and O–H groups in total. The molecule has 0 saturated heterocycles. The van der Waals surface area contributed by atoms with Crippen LogP contribution in [0.3, 0.4) is 0 Å². The average Bonchev–Trinajstić information content (AvgIpc) is 2.81. The molecule has 0 saturated carbocycles. The number of nitrogens with one attached hydrogen (secondary N) is 2. The highest BCUT2D eigenvalue weighted by Crippen LogP contribution is 2.04. The molecule has 10 heteroatoms. The maximum absolute atomic E-state index is 11.6. The van der Waals surface area contributed by atoms with E-state index in [0.29, 0.717) is 0 Å². The van der Waals surface area contributed by atoms with Crippen LogP contribution in [0.1, 0.15) is 21.0 Å². The topological polar surface area (TPSA) is 147 Å². The van der Waals surface area contributed by atoms with Gasteiger partial charge in [0.15, 0.2) is 11.4 Å². The summed E-state index contributed by atoms with van der Waals surface area (Å²) in [5.74, 6) is -2.13. The van der Waals surface area contributed by atoms with Crippen LogP contribution in [0.2, 0.25) is 0 Å². The first kappa shape index (κ1) is 10.6. The summed E-state index contributed by atoms with van der Waals surface area (Å²) in [6.07, 6.45) is 2.39. The Morgan fingerprint density at radius 2 is 1.94 bits per heavy atom. The fourth-order valence-corrected chi connectivity index (χ4v) is 1.04. The fourth-order valence-electron chi connectivity index (χ4n) is 1.04. The number of tetrazole rings is 1. The van der Waals surface area contributed by atoms with Crippen molar-refractivity contribution in [3.63, 3.8) is 0 Å². The third-order valence-corrected chi connectivity index (χ3v) is 1.69. The lowest BCUT2D eigenvalue weighted by Crippen LogP contribution is -2.20. The number of rotatable bonds is 3. The van der Waals surface area contributed by atoms with Gasteiger partial charge in [-0.3, -0.25) is 10.1 Å². The molecule has 10 nitrogen and oxygen atoms in total. The normalized spacial score (nSPS) is 9.88. The Morgan fingerprint density at radius 1 is 1.24 bits per heavy atom. The van der Waals surface area contributed by atoms with Crippen molar-refractivity contribution in [2.75, 3.05) is 5.32 Å². The van der Waals surface area contributed by atoms with Crippen molar-refractivity contribution < 1.29 is 14.7 Å². The predicted octanol–water partition coefficient (Wildman–Crippen LogP) is -1.06. The lowest BCUT2D eigenvalue weighted by molar-refractivity contribution is 0.0685. The maximum atomic E-state index is 11.6. The Balaban J connectivity index is 2.28. The fraction of sp³-hybridized carbons (Fsp3) is 0. The number of aromatic carboxylic acids is 1. The van der Waals surface area contributed by atoms with Crippen molar-refractivity contribution in [3.8, 4) is 0 Å². The van der Waals surface area contributed by atoms with Gasteiger partial charge in [-0.15, -0.1) is 0 Å². The van der Waals surface area contributed by atoms with Crippen LogP contribution in [-0.2, 0) is 0 Å². The number of carboxylic acid groups (broad SMARTS) is 1. The molecule has 0 bridgehead atoms. The number of H-pyrrole nitrogens is 1. The van der Waals surface area contributed by atoms with Crippen molar-refractivity contribution in [2.45, 2.75) is 0 Å². The molecule has 2 aromatic rings. The molecule has 0 aliphatic heterocycles. The lowest BCUT2D eigenvalue weighted by Gasteiger charge is -2.02. The standard InChI is InChI=1S/C7H5N7O3/c15-5(10-7-11-13-14-12-7)3-4(6(16)17)9-2-1-8-3/h1-2H,(H,16,17)(H2,10,11,12,13,14,15). The molecular formula is C7H5N7O3. The highest BCUT2D eigenvalue weighted by Gasteiger charge is 2.20. The van der Waals surface area contributed by atoms with Crippen LogP contribution in [0.4, 0.5) is 5.95 Å². The van der Waals surface area contributed by atoms with Crippen LogP contribution < -0.4 is 5.32 Å². The van der Waals surface area contributed by atoms with Gasteiger partial charge in [0.05, 0.1) is 0 Å². The first-order chi connectivity index (χ1) is 8.18. The molecular weight excluding hydrogens is 230 g/mol. The number of hydrogen-bond donors (Lipinski definition) is 3. The predicted molar refractivity (Wildman–Crippen MR) is 51.1 cm³/mol. The van der Waals surface area contributed by atoms with Gasteiger partial charge in [-0.1, -0.05) is 5.10 Å². The number of anilines is 1. The van der Waals surface area contributed by atoms with Gasteiger partial charge in [-0.2, -0.15) is 0 Å². The number of carboxylic acids is 1. The number of nitrogens with zero attached hydrogens (tertiary/aromatic N) is 5. The molecule has 0 aromatic carbocycles. The molecule has 1 amide bonds. The van der Waals surface area contributed by atoms with E-state index in [-0.39, 0.29) is 11.6 Å². The lowest BCUT2D eigenvalue weighted by atomic mass is 10.3. The summed E-state index contributed by atoms with van der Waals surface area (Å²) in [5.41, 5.74) is -0.770. The van der Waals surface area contributed by atoms with Gasteiger partial charge < -0.3 is 5.11 Å². The van der Waals surface area contributed by atoms with E-state index in [1.165, 1.54) is 12.4 Å². The van der Waals surface area contributed by atoms with E-state index < -0.39 is 17.6 Å². The molecule has 0 spiro atoms. The van der Waals surface area contributed by atoms with Gasteiger partial charge >= 0.3 is 5.97 Å². The second-order valence-corrected chi connectivity index (χ2v) is 2.76. The first-order valence-corrected chi connectivity index (χ1v) is 4.28. The molecule has 17 heavy (non-hydrogen) atoms. The third-order valence-electron chi connectivity index (χ3n) is 1.69. The monoisotopic (exact) mass is 235 g/mol. The number of carbonyl (C=O) groups is 2. The zero-order chi connectivity index (χ0) is 12.3. The van der Waals surface area contributed by atoms with Crippen molar-refractivity contribution in [2.24, 2.45) is 0 Å². The second-order valence-electron chi connectivity index (χ2n) is 2.76. The Morgan fingerprint density at radius 3 is 2.53 bits per heavy atom. The Hall–Kier alpha value is -2.91. The smallest absolute Gasteiger partial charge is 0.356 e. The SMILES string of the molecule is O=C(O)c1nccnc1C(=O)Nc1nnn[nH]1. The minimum atomic E-state index is -1.35. The Bertz CT molecular complexity index is 552. The van der Waals surface area contributed by atoms with Crippen LogP contribution >= 0.6 is 0 Å². The zero-order valence-electron chi connectivity index (χ0n) is 8.15. The van der Waals surface area contributed by atoms with E-state index in [1.807, 2.05) is 0 Å². The number of amides is 1. The van der Waals surface area contributed by atoms with E-state index in [4.69, 9.17) is 5.11 Å². The van der Waals surface area contributed by atoms with E-state index in [9.17, 15) is 9.59 Å². The van der Waals surface area contributed by atoms with E-state index in [0.717, 1.165) is 0 Å². The maximum Gasteiger partial charge on any atom is 0.356 e. The van der Waals surface area contributed by atoms with Gasteiger partial charge in [-0.05, 0) is 10.4 Å². The van der Waals surface area contributed by atoms with E-state index >= 15 is 0 Å². The van der Waals surface area contributed by atoms with Crippen LogP contribution in [-0.4, -0.2) is 47.6 Å². The number of aromatic amines is 1. The summed E-state index contributed by atoms with van der Waals surface area (Å²) in [7, 11) is 0. The molecule has 0 radical (unpaired) electrons. The summed E-state index contributed by atoms with van der Waals surface area (Å²) in [6, 6.07) is 0. The summed E-state index contributed by atoms with van der Waals surface area (Å²) < 4.78 is 0. The molecule has 2 rings (SSSR count). The number of hydrogen-bond acceptors (Lipinski definition) is 7. The molecule has 2 aromatic heterocycles.